The lowest BCUT2D eigenvalue weighted by molar-refractivity contribution is -0.143. The standard InChI is InChI=1S/C16H28N2O3/c1-12(2)18(14-5-3-4-6-14)15(19)11-17-9-7-13(8-10-17)16(20)21/h12-14H,3-11H2,1-2H3,(H,20,21). The first-order valence-electron chi connectivity index (χ1n) is 8.25. The van der Waals surface area contributed by atoms with Gasteiger partial charge in [-0.2, -0.15) is 0 Å². The van der Waals surface area contributed by atoms with Crippen LogP contribution in [0.15, 0.2) is 0 Å². The second-order valence-corrected chi connectivity index (χ2v) is 6.72. The average molecular weight is 296 g/mol. The molecular formula is C16H28N2O3. The van der Waals surface area contributed by atoms with Crippen LogP contribution in [0.1, 0.15) is 52.4 Å². The zero-order chi connectivity index (χ0) is 15.4. The maximum Gasteiger partial charge on any atom is 0.306 e. The van der Waals surface area contributed by atoms with Gasteiger partial charge < -0.3 is 10.0 Å². The Hall–Kier alpha value is -1.10. The highest BCUT2D eigenvalue weighted by atomic mass is 16.4. The molecule has 1 amide bonds. The van der Waals surface area contributed by atoms with Gasteiger partial charge in [0.1, 0.15) is 0 Å². The Balaban J connectivity index is 1.86. The number of hydrogen-bond donors (Lipinski definition) is 1. The van der Waals surface area contributed by atoms with Gasteiger partial charge in [-0.15, -0.1) is 0 Å². The average Bonchev–Trinajstić information content (AvgIpc) is 2.92. The lowest BCUT2D eigenvalue weighted by Gasteiger charge is -2.36. The number of piperidine rings is 1. The smallest absolute Gasteiger partial charge is 0.306 e. The highest BCUT2D eigenvalue weighted by molar-refractivity contribution is 5.79. The third kappa shape index (κ3) is 4.19. The van der Waals surface area contributed by atoms with Crippen molar-refractivity contribution in [1.82, 2.24) is 9.80 Å². The van der Waals surface area contributed by atoms with Crippen LogP contribution in [0.2, 0.25) is 0 Å². The van der Waals surface area contributed by atoms with E-state index in [-0.39, 0.29) is 17.9 Å². The monoisotopic (exact) mass is 296 g/mol. The topological polar surface area (TPSA) is 60.9 Å². The molecule has 5 heteroatoms. The number of hydrogen-bond acceptors (Lipinski definition) is 3. The molecule has 1 saturated heterocycles. The lowest BCUT2D eigenvalue weighted by Crippen LogP contribution is -2.49. The van der Waals surface area contributed by atoms with E-state index in [9.17, 15) is 9.59 Å². The van der Waals surface area contributed by atoms with Crippen LogP contribution >= 0.6 is 0 Å². The van der Waals surface area contributed by atoms with Gasteiger partial charge in [0.25, 0.3) is 0 Å². The Morgan fingerprint density at radius 2 is 1.71 bits per heavy atom. The summed E-state index contributed by atoms with van der Waals surface area (Å²) in [5, 5.41) is 9.02. The van der Waals surface area contributed by atoms with Gasteiger partial charge in [0.05, 0.1) is 12.5 Å². The molecule has 1 heterocycles. The second kappa shape index (κ2) is 7.25. The van der Waals surface area contributed by atoms with Crippen molar-refractivity contribution in [1.29, 1.82) is 0 Å². The molecule has 0 aromatic heterocycles. The summed E-state index contributed by atoms with van der Waals surface area (Å²) in [5.74, 6) is -0.714. The summed E-state index contributed by atoms with van der Waals surface area (Å²) >= 11 is 0. The van der Waals surface area contributed by atoms with Gasteiger partial charge >= 0.3 is 5.97 Å². The molecule has 120 valence electrons. The molecule has 0 aromatic rings. The highest BCUT2D eigenvalue weighted by Gasteiger charge is 2.31. The quantitative estimate of drug-likeness (QED) is 0.842. The number of amides is 1. The predicted octanol–water partition coefficient (Wildman–Crippen LogP) is 1.96. The molecule has 1 aliphatic heterocycles. The van der Waals surface area contributed by atoms with E-state index in [0.29, 0.717) is 25.4 Å². The van der Waals surface area contributed by atoms with Gasteiger partial charge in [0.2, 0.25) is 5.91 Å². The number of aliphatic carboxylic acids is 1. The lowest BCUT2D eigenvalue weighted by atomic mass is 9.97. The minimum absolute atomic E-state index is 0.214. The van der Waals surface area contributed by atoms with Gasteiger partial charge in [0.15, 0.2) is 0 Å². The van der Waals surface area contributed by atoms with Crippen molar-refractivity contribution in [2.45, 2.75) is 64.5 Å². The molecule has 1 N–H and O–H groups in total. The van der Waals surface area contributed by atoms with Crippen molar-refractivity contribution in [3.63, 3.8) is 0 Å². The summed E-state index contributed by atoms with van der Waals surface area (Å²) in [6, 6.07) is 0.659. The summed E-state index contributed by atoms with van der Waals surface area (Å²) in [4.78, 5) is 27.8. The summed E-state index contributed by atoms with van der Waals surface area (Å²) in [6.07, 6.45) is 6.04. The van der Waals surface area contributed by atoms with E-state index in [1.807, 2.05) is 0 Å². The van der Waals surface area contributed by atoms with Crippen molar-refractivity contribution >= 4 is 11.9 Å². The number of likely N-dealkylation sites (tertiary alicyclic amines) is 1. The normalized spacial score (nSPS) is 21.9. The fraction of sp³-hybridized carbons (Fsp3) is 0.875. The van der Waals surface area contributed by atoms with Crippen LogP contribution in [-0.2, 0) is 9.59 Å². The first-order valence-corrected chi connectivity index (χ1v) is 8.25. The van der Waals surface area contributed by atoms with E-state index in [2.05, 4.69) is 23.6 Å². The number of carboxylic acids is 1. The van der Waals surface area contributed by atoms with Crippen LogP contribution < -0.4 is 0 Å². The summed E-state index contributed by atoms with van der Waals surface area (Å²) in [7, 11) is 0. The Labute approximate surface area is 127 Å². The fourth-order valence-corrected chi connectivity index (χ4v) is 3.71. The van der Waals surface area contributed by atoms with E-state index in [1.165, 1.54) is 12.8 Å². The Morgan fingerprint density at radius 1 is 1.14 bits per heavy atom. The SMILES string of the molecule is CC(C)N(C(=O)CN1CCC(C(=O)O)CC1)C1CCCC1. The van der Waals surface area contributed by atoms with Gasteiger partial charge in [-0.05, 0) is 52.6 Å². The highest BCUT2D eigenvalue weighted by Crippen LogP contribution is 2.26. The molecule has 1 saturated carbocycles. The largest absolute Gasteiger partial charge is 0.481 e. The third-order valence-electron chi connectivity index (χ3n) is 4.86. The number of nitrogens with zero attached hydrogens (tertiary/aromatic N) is 2. The molecule has 0 spiro atoms. The molecule has 0 aromatic carbocycles. The predicted molar refractivity (Wildman–Crippen MR) is 81.0 cm³/mol. The van der Waals surface area contributed by atoms with E-state index >= 15 is 0 Å². The zero-order valence-corrected chi connectivity index (χ0v) is 13.3. The molecule has 21 heavy (non-hydrogen) atoms. The van der Waals surface area contributed by atoms with Gasteiger partial charge in [-0.3, -0.25) is 14.5 Å². The molecule has 2 aliphatic rings. The summed E-state index contributed by atoms with van der Waals surface area (Å²) in [5.41, 5.74) is 0. The number of carboxylic acid groups (broad SMARTS) is 1. The van der Waals surface area contributed by atoms with Gasteiger partial charge in [-0.1, -0.05) is 12.8 Å². The fourth-order valence-electron chi connectivity index (χ4n) is 3.71. The maximum absolute atomic E-state index is 12.6. The minimum atomic E-state index is -0.698. The first kappa shape index (κ1) is 16.3. The molecule has 0 radical (unpaired) electrons. The van der Waals surface area contributed by atoms with Crippen LogP contribution in [-0.4, -0.2) is 58.5 Å². The molecule has 5 nitrogen and oxygen atoms in total. The van der Waals surface area contributed by atoms with Crippen molar-refractivity contribution in [3.05, 3.63) is 0 Å². The number of carbonyl (C=O) groups is 2. The van der Waals surface area contributed by atoms with Crippen LogP contribution in [0.3, 0.4) is 0 Å². The molecule has 0 atom stereocenters. The molecule has 2 rings (SSSR count). The Bertz CT molecular complexity index is 370. The number of carbonyl (C=O) groups excluding carboxylic acids is 1. The van der Waals surface area contributed by atoms with E-state index in [4.69, 9.17) is 5.11 Å². The Kier molecular flexibility index (Phi) is 5.62. The van der Waals surface area contributed by atoms with Crippen molar-refractivity contribution in [3.8, 4) is 0 Å². The first-order chi connectivity index (χ1) is 9.99. The van der Waals surface area contributed by atoms with Crippen LogP contribution in [0, 0.1) is 5.92 Å². The van der Waals surface area contributed by atoms with Crippen LogP contribution in [0.25, 0.3) is 0 Å². The van der Waals surface area contributed by atoms with Crippen molar-refractivity contribution in [2.24, 2.45) is 5.92 Å². The third-order valence-corrected chi connectivity index (χ3v) is 4.86. The second-order valence-electron chi connectivity index (χ2n) is 6.72. The van der Waals surface area contributed by atoms with Crippen LogP contribution in [0.4, 0.5) is 0 Å². The van der Waals surface area contributed by atoms with Gasteiger partial charge in [0, 0.05) is 12.1 Å². The Morgan fingerprint density at radius 3 is 2.19 bits per heavy atom. The number of rotatable bonds is 5. The summed E-state index contributed by atoms with van der Waals surface area (Å²) < 4.78 is 0. The van der Waals surface area contributed by atoms with Gasteiger partial charge in [-0.25, -0.2) is 0 Å². The molecule has 0 bridgehead atoms. The zero-order valence-electron chi connectivity index (χ0n) is 13.3. The van der Waals surface area contributed by atoms with E-state index in [0.717, 1.165) is 25.9 Å². The van der Waals surface area contributed by atoms with E-state index in [1.54, 1.807) is 0 Å². The van der Waals surface area contributed by atoms with E-state index < -0.39 is 5.97 Å². The molecule has 1 aliphatic carbocycles. The molecular weight excluding hydrogens is 268 g/mol. The molecule has 2 fully saturated rings. The molecule has 0 unspecified atom stereocenters. The van der Waals surface area contributed by atoms with Crippen molar-refractivity contribution in [2.75, 3.05) is 19.6 Å². The summed E-state index contributed by atoms with van der Waals surface area (Å²) in [6.45, 7) is 6.07. The van der Waals surface area contributed by atoms with Crippen LogP contribution in [0.5, 0.6) is 0 Å². The maximum atomic E-state index is 12.6. The minimum Gasteiger partial charge on any atom is -0.481 e. The van der Waals surface area contributed by atoms with Crippen molar-refractivity contribution < 1.29 is 14.7 Å².